The Bertz CT molecular complexity index is 746. The number of piperidine rings is 1. The van der Waals surface area contributed by atoms with Crippen LogP contribution in [0.2, 0.25) is 0 Å². The summed E-state index contributed by atoms with van der Waals surface area (Å²) in [6.45, 7) is 8.38. The van der Waals surface area contributed by atoms with E-state index in [2.05, 4.69) is 17.1 Å². The Morgan fingerprint density at radius 2 is 1.88 bits per heavy atom. The summed E-state index contributed by atoms with van der Waals surface area (Å²) >= 11 is 0. The highest BCUT2D eigenvalue weighted by molar-refractivity contribution is 5.78. The molecule has 1 amide bonds. The molecule has 26 heavy (non-hydrogen) atoms. The summed E-state index contributed by atoms with van der Waals surface area (Å²) in [6, 6.07) is 12.2. The van der Waals surface area contributed by atoms with Crippen LogP contribution in [0.1, 0.15) is 39.3 Å². The van der Waals surface area contributed by atoms with E-state index in [0.29, 0.717) is 19.1 Å². The lowest BCUT2D eigenvalue weighted by Gasteiger charge is -2.33. The minimum absolute atomic E-state index is 0.211. The molecule has 140 valence electrons. The molecule has 0 saturated carbocycles. The fourth-order valence-corrected chi connectivity index (χ4v) is 3.13. The van der Waals surface area contributed by atoms with Gasteiger partial charge in [-0.3, -0.25) is 4.98 Å². The van der Waals surface area contributed by atoms with Gasteiger partial charge in [-0.15, -0.1) is 0 Å². The van der Waals surface area contributed by atoms with Crippen molar-refractivity contribution in [1.82, 2.24) is 9.88 Å². The van der Waals surface area contributed by atoms with Gasteiger partial charge in [0.15, 0.2) is 0 Å². The van der Waals surface area contributed by atoms with Gasteiger partial charge in [-0.2, -0.15) is 0 Å². The summed E-state index contributed by atoms with van der Waals surface area (Å²) < 4.78 is 11.3. The Kier molecular flexibility index (Phi) is 5.77. The van der Waals surface area contributed by atoms with Crippen molar-refractivity contribution in [1.29, 1.82) is 0 Å². The first-order valence-electron chi connectivity index (χ1n) is 9.31. The van der Waals surface area contributed by atoms with Gasteiger partial charge >= 0.3 is 6.09 Å². The van der Waals surface area contributed by atoms with Gasteiger partial charge in [0, 0.05) is 18.5 Å². The molecule has 3 rings (SSSR count). The van der Waals surface area contributed by atoms with E-state index in [9.17, 15) is 4.79 Å². The molecule has 0 atom stereocenters. The maximum Gasteiger partial charge on any atom is 0.410 e. The smallest absolute Gasteiger partial charge is 0.410 e. The van der Waals surface area contributed by atoms with Crippen LogP contribution in [0, 0.1) is 5.92 Å². The zero-order valence-corrected chi connectivity index (χ0v) is 15.9. The molecule has 5 nitrogen and oxygen atoms in total. The number of rotatable bonds is 4. The molecule has 1 aliphatic heterocycles. The van der Waals surface area contributed by atoms with E-state index in [1.807, 2.05) is 45.0 Å². The molecule has 5 heteroatoms. The van der Waals surface area contributed by atoms with Crippen LogP contribution in [0.4, 0.5) is 4.79 Å². The Balaban J connectivity index is 1.41. The molecule has 1 aromatic carbocycles. The number of aromatic nitrogens is 1. The lowest BCUT2D eigenvalue weighted by molar-refractivity contribution is 0.0103. The Labute approximate surface area is 155 Å². The molecule has 1 saturated heterocycles. The Hall–Kier alpha value is -2.14. The van der Waals surface area contributed by atoms with E-state index < -0.39 is 5.60 Å². The second kappa shape index (κ2) is 8.04. The van der Waals surface area contributed by atoms with Crippen LogP contribution < -0.4 is 0 Å². The molecular weight excluding hydrogens is 328 g/mol. The van der Waals surface area contributed by atoms with Crippen molar-refractivity contribution in [2.75, 3.05) is 19.7 Å². The second-order valence-electron chi connectivity index (χ2n) is 7.92. The fraction of sp³-hybridized carbons (Fsp3) is 0.524. The zero-order chi connectivity index (χ0) is 18.6. The maximum atomic E-state index is 12.1. The van der Waals surface area contributed by atoms with Crippen molar-refractivity contribution >= 4 is 17.0 Å². The molecule has 0 radical (unpaired) electrons. The average Bonchev–Trinajstić information content (AvgIpc) is 2.61. The van der Waals surface area contributed by atoms with Crippen LogP contribution in [-0.2, 0) is 16.1 Å². The summed E-state index contributed by atoms with van der Waals surface area (Å²) in [4.78, 5) is 18.5. The fourth-order valence-electron chi connectivity index (χ4n) is 3.13. The molecule has 0 aliphatic carbocycles. The van der Waals surface area contributed by atoms with E-state index in [0.717, 1.165) is 42.5 Å². The molecule has 0 bridgehead atoms. The van der Waals surface area contributed by atoms with Crippen LogP contribution >= 0.6 is 0 Å². The van der Waals surface area contributed by atoms with E-state index in [4.69, 9.17) is 9.47 Å². The van der Waals surface area contributed by atoms with Gasteiger partial charge in [-0.1, -0.05) is 24.3 Å². The highest BCUT2D eigenvalue weighted by atomic mass is 16.6. The highest BCUT2D eigenvalue weighted by Crippen LogP contribution is 2.20. The third-order valence-electron chi connectivity index (χ3n) is 4.53. The van der Waals surface area contributed by atoms with Gasteiger partial charge in [-0.05, 0) is 51.7 Å². The van der Waals surface area contributed by atoms with Crippen molar-refractivity contribution < 1.29 is 14.3 Å². The van der Waals surface area contributed by atoms with Crippen LogP contribution in [-0.4, -0.2) is 41.3 Å². The Morgan fingerprint density at radius 1 is 1.15 bits per heavy atom. The predicted molar refractivity (Wildman–Crippen MR) is 102 cm³/mol. The number of carbonyl (C=O) groups is 1. The van der Waals surface area contributed by atoms with Crippen molar-refractivity contribution in [3.8, 4) is 0 Å². The third kappa shape index (κ3) is 5.18. The minimum atomic E-state index is -0.441. The number of benzene rings is 1. The Morgan fingerprint density at radius 3 is 2.62 bits per heavy atom. The summed E-state index contributed by atoms with van der Waals surface area (Å²) in [5, 5.41) is 1.14. The third-order valence-corrected chi connectivity index (χ3v) is 4.53. The SMILES string of the molecule is CC(C)(C)OC(=O)N1CCC(COCc2ccc3ccccc3n2)CC1. The van der Waals surface area contributed by atoms with Crippen molar-refractivity contribution in [2.45, 2.75) is 45.8 Å². The normalized spacial score (nSPS) is 16.0. The number of hydrogen-bond acceptors (Lipinski definition) is 4. The first-order chi connectivity index (χ1) is 12.4. The van der Waals surface area contributed by atoms with Gasteiger partial charge in [0.05, 0.1) is 24.4 Å². The lowest BCUT2D eigenvalue weighted by Crippen LogP contribution is -2.42. The molecule has 2 heterocycles. The van der Waals surface area contributed by atoms with Gasteiger partial charge in [0.1, 0.15) is 5.60 Å². The summed E-state index contributed by atoms with van der Waals surface area (Å²) in [5.74, 6) is 0.481. The molecule has 0 spiro atoms. The average molecular weight is 356 g/mol. The number of nitrogens with zero attached hydrogens (tertiary/aromatic N) is 2. The molecular formula is C21H28N2O3. The number of para-hydroxylation sites is 1. The summed E-state index contributed by atoms with van der Waals surface area (Å²) in [7, 11) is 0. The van der Waals surface area contributed by atoms with E-state index >= 15 is 0 Å². The topological polar surface area (TPSA) is 51.7 Å². The number of pyridine rings is 1. The monoisotopic (exact) mass is 356 g/mol. The van der Waals surface area contributed by atoms with Crippen LogP contribution in [0.3, 0.4) is 0 Å². The number of ether oxygens (including phenoxy) is 2. The predicted octanol–water partition coefficient (Wildman–Crippen LogP) is 4.40. The molecule has 2 aromatic rings. The maximum absolute atomic E-state index is 12.1. The number of amides is 1. The van der Waals surface area contributed by atoms with Gasteiger partial charge in [0.2, 0.25) is 0 Å². The van der Waals surface area contributed by atoms with E-state index in [1.165, 1.54) is 0 Å². The van der Waals surface area contributed by atoms with Gasteiger partial charge < -0.3 is 14.4 Å². The quantitative estimate of drug-likeness (QED) is 0.815. The standard InChI is InChI=1S/C21H28N2O3/c1-21(2,3)26-20(24)23-12-10-16(11-13-23)14-25-15-18-9-8-17-6-4-5-7-19(17)22-18/h4-9,16H,10-15H2,1-3H3. The van der Waals surface area contributed by atoms with Crippen LogP contribution in [0.25, 0.3) is 10.9 Å². The number of hydrogen-bond donors (Lipinski definition) is 0. The zero-order valence-electron chi connectivity index (χ0n) is 15.9. The largest absolute Gasteiger partial charge is 0.444 e. The number of likely N-dealkylation sites (tertiary alicyclic amines) is 1. The van der Waals surface area contributed by atoms with E-state index in [-0.39, 0.29) is 6.09 Å². The highest BCUT2D eigenvalue weighted by Gasteiger charge is 2.26. The minimum Gasteiger partial charge on any atom is -0.444 e. The van der Waals surface area contributed by atoms with Gasteiger partial charge in [-0.25, -0.2) is 4.79 Å². The lowest BCUT2D eigenvalue weighted by atomic mass is 9.98. The van der Waals surface area contributed by atoms with Gasteiger partial charge in [0.25, 0.3) is 0 Å². The summed E-state index contributed by atoms with van der Waals surface area (Å²) in [5.41, 5.74) is 1.51. The molecule has 1 fully saturated rings. The van der Waals surface area contributed by atoms with Crippen LogP contribution in [0.15, 0.2) is 36.4 Å². The summed E-state index contributed by atoms with van der Waals surface area (Å²) in [6.07, 6.45) is 1.69. The number of fused-ring (bicyclic) bond motifs is 1. The molecule has 0 unspecified atom stereocenters. The van der Waals surface area contributed by atoms with E-state index in [1.54, 1.807) is 4.90 Å². The van der Waals surface area contributed by atoms with Crippen molar-refractivity contribution in [3.05, 3.63) is 42.1 Å². The molecule has 1 aromatic heterocycles. The first-order valence-corrected chi connectivity index (χ1v) is 9.31. The second-order valence-corrected chi connectivity index (χ2v) is 7.92. The number of carbonyl (C=O) groups excluding carboxylic acids is 1. The van der Waals surface area contributed by atoms with Crippen LogP contribution in [0.5, 0.6) is 0 Å². The molecule has 0 N–H and O–H groups in total. The van der Waals surface area contributed by atoms with Crippen molar-refractivity contribution in [2.24, 2.45) is 5.92 Å². The first kappa shape index (κ1) is 18.6. The van der Waals surface area contributed by atoms with Crippen molar-refractivity contribution in [3.63, 3.8) is 0 Å². The molecule has 1 aliphatic rings.